The van der Waals surface area contributed by atoms with Crippen LogP contribution in [0.1, 0.15) is 92.7 Å². The molecule has 5 fully saturated rings. The number of hydrogen-bond donors (Lipinski definition) is 3. The molecule has 0 radical (unpaired) electrons. The zero-order chi connectivity index (χ0) is 27.4. The summed E-state index contributed by atoms with van der Waals surface area (Å²) in [5, 5.41) is 11.9. The average molecular weight is 560 g/mol. The Kier molecular flexibility index (Phi) is 7.81. The molecule has 1 aliphatic carbocycles. The molecule has 1 saturated carbocycles. The molecule has 220 valence electrons. The SMILES string of the molecule is CC1(C)CC2CCCN3CCC(N3)SNCC3CCC(n4ccc(OCCC5C(C)(C)C5(C)C)n4)NC3N1C2. The summed E-state index contributed by atoms with van der Waals surface area (Å²) in [7, 11) is 0. The lowest BCUT2D eigenvalue weighted by molar-refractivity contribution is 0.00916. The van der Waals surface area contributed by atoms with Crippen LogP contribution in [-0.4, -0.2) is 69.6 Å². The number of piperidine rings is 1. The molecule has 7 unspecified atom stereocenters. The summed E-state index contributed by atoms with van der Waals surface area (Å²) in [4.78, 5) is 2.81. The van der Waals surface area contributed by atoms with Gasteiger partial charge in [-0.3, -0.25) is 19.6 Å². The molecule has 3 N–H and O–H groups in total. The molecule has 6 rings (SSSR count). The highest BCUT2D eigenvalue weighted by molar-refractivity contribution is 7.98. The lowest BCUT2D eigenvalue weighted by Crippen LogP contribution is -2.60. The van der Waals surface area contributed by atoms with Crippen molar-refractivity contribution >= 4 is 11.9 Å². The Morgan fingerprint density at radius 3 is 2.67 bits per heavy atom. The van der Waals surface area contributed by atoms with Crippen LogP contribution in [0.5, 0.6) is 5.88 Å². The molecule has 4 bridgehead atoms. The predicted octanol–water partition coefficient (Wildman–Crippen LogP) is 4.83. The molecule has 1 aromatic rings. The molecule has 0 spiro atoms. The van der Waals surface area contributed by atoms with E-state index in [-0.39, 0.29) is 11.7 Å². The second-order valence-corrected chi connectivity index (χ2v) is 15.9. The van der Waals surface area contributed by atoms with Crippen molar-refractivity contribution in [2.24, 2.45) is 28.6 Å². The van der Waals surface area contributed by atoms with Crippen molar-refractivity contribution in [3.63, 3.8) is 0 Å². The molecule has 4 aliphatic heterocycles. The third-order valence-corrected chi connectivity index (χ3v) is 12.4. The van der Waals surface area contributed by atoms with Crippen molar-refractivity contribution in [2.75, 3.05) is 32.8 Å². The van der Waals surface area contributed by atoms with Crippen LogP contribution in [0, 0.1) is 28.6 Å². The molecule has 1 aromatic heterocycles. The lowest BCUT2D eigenvalue weighted by atomic mass is 9.90. The molecule has 9 heteroatoms. The highest BCUT2D eigenvalue weighted by atomic mass is 32.2. The van der Waals surface area contributed by atoms with Gasteiger partial charge in [0.1, 0.15) is 6.17 Å². The van der Waals surface area contributed by atoms with Crippen molar-refractivity contribution < 1.29 is 4.74 Å². The van der Waals surface area contributed by atoms with Gasteiger partial charge >= 0.3 is 0 Å². The molecule has 39 heavy (non-hydrogen) atoms. The Labute approximate surface area is 240 Å². The van der Waals surface area contributed by atoms with Crippen LogP contribution >= 0.6 is 11.9 Å². The fourth-order valence-electron chi connectivity index (χ4n) is 8.41. The van der Waals surface area contributed by atoms with E-state index < -0.39 is 0 Å². The zero-order valence-electron chi connectivity index (χ0n) is 25.2. The second-order valence-electron chi connectivity index (χ2n) is 14.8. The number of nitrogens with zero attached hydrogens (tertiary/aromatic N) is 4. The van der Waals surface area contributed by atoms with Crippen molar-refractivity contribution in [2.45, 2.75) is 110 Å². The zero-order valence-corrected chi connectivity index (χ0v) is 26.0. The first-order valence-corrected chi connectivity index (χ1v) is 16.5. The second kappa shape index (κ2) is 10.8. The largest absolute Gasteiger partial charge is 0.477 e. The maximum absolute atomic E-state index is 6.15. The summed E-state index contributed by atoms with van der Waals surface area (Å²) >= 11 is 1.90. The van der Waals surface area contributed by atoms with Crippen molar-refractivity contribution in [3.05, 3.63) is 12.3 Å². The number of nitrogens with one attached hydrogen (secondary N) is 3. The van der Waals surface area contributed by atoms with Gasteiger partial charge in [-0.2, -0.15) is 0 Å². The van der Waals surface area contributed by atoms with Gasteiger partial charge in [-0.1, -0.05) is 39.6 Å². The molecule has 0 aromatic carbocycles. The Balaban J connectivity index is 1.11. The molecular weight excluding hydrogens is 506 g/mol. The maximum Gasteiger partial charge on any atom is 0.232 e. The number of aromatic nitrogens is 2. The first kappa shape index (κ1) is 28.3. The standard InChI is InChI=1S/C30H53N7OS/c1-28(2)18-21-8-7-14-35-15-12-26(34-35)39-31-19-22-9-10-24(32-27(22)36(28)20-21)37-16-11-25(33-37)38-17-13-23-29(3,4)30(23,5)6/h11,16,21-24,26-27,31-32,34H,7-10,12-15,17-20H2,1-6H3. The quantitative estimate of drug-likeness (QED) is 0.444. The molecule has 7 atom stereocenters. The van der Waals surface area contributed by atoms with E-state index in [9.17, 15) is 0 Å². The Morgan fingerprint density at radius 2 is 1.87 bits per heavy atom. The highest BCUT2D eigenvalue weighted by Gasteiger charge is 2.63. The summed E-state index contributed by atoms with van der Waals surface area (Å²) < 4.78 is 12.1. The van der Waals surface area contributed by atoms with Gasteiger partial charge in [0.25, 0.3) is 0 Å². The van der Waals surface area contributed by atoms with Gasteiger partial charge in [0, 0.05) is 49.9 Å². The Hall–Kier alpha value is -0.840. The molecule has 8 nitrogen and oxygen atoms in total. The van der Waals surface area contributed by atoms with Gasteiger partial charge in [0.05, 0.1) is 18.1 Å². The number of ether oxygens (including phenoxy) is 1. The predicted molar refractivity (Wildman–Crippen MR) is 159 cm³/mol. The van der Waals surface area contributed by atoms with E-state index in [0.29, 0.717) is 28.3 Å². The van der Waals surface area contributed by atoms with Crippen molar-refractivity contribution in [1.82, 2.24) is 35.2 Å². The molecular formula is C30H53N7OS. The highest BCUT2D eigenvalue weighted by Crippen LogP contribution is 2.69. The van der Waals surface area contributed by atoms with Crippen LogP contribution in [0.25, 0.3) is 0 Å². The minimum absolute atomic E-state index is 0.204. The van der Waals surface area contributed by atoms with Gasteiger partial charge in [-0.25, -0.2) is 10.4 Å². The summed E-state index contributed by atoms with van der Waals surface area (Å²) in [6, 6.07) is 2.05. The van der Waals surface area contributed by atoms with E-state index in [1.165, 1.54) is 51.7 Å². The lowest BCUT2D eigenvalue weighted by Gasteiger charge is -2.47. The van der Waals surface area contributed by atoms with E-state index in [4.69, 9.17) is 9.84 Å². The van der Waals surface area contributed by atoms with Crippen LogP contribution in [0.15, 0.2) is 12.3 Å². The normalized spacial score (nSPS) is 39.6. The number of hydrogen-bond acceptors (Lipinski definition) is 8. The molecule has 4 saturated heterocycles. The summed E-state index contributed by atoms with van der Waals surface area (Å²) in [6.07, 6.45) is 11.2. The van der Waals surface area contributed by atoms with Gasteiger partial charge in [-0.15, -0.1) is 5.10 Å². The smallest absolute Gasteiger partial charge is 0.232 e. The van der Waals surface area contributed by atoms with Gasteiger partial charge in [0.2, 0.25) is 5.88 Å². The van der Waals surface area contributed by atoms with Crippen LogP contribution in [0.3, 0.4) is 0 Å². The maximum atomic E-state index is 6.15. The third-order valence-electron chi connectivity index (χ3n) is 11.5. The summed E-state index contributed by atoms with van der Waals surface area (Å²) in [5.41, 5.74) is 4.75. The fraction of sp³-hybridized carbons (Fsp3) is 0.900. The van der Waals surface area contributed by atoms with Crippen LogP contribution in [0.2, 0.25) is 0 Å². The fourth-order valence-corrected chi connectivity index (χ4v) is 9.35. The van der Waals surface area contributed by atoms with Gasteiger partial charge in [-0.05, 0) is 81.5 Å². The van der Waals surface area contributed by atoms with E-state index in [0.717, 1.165) is 43.7 Å². The number of hydrazine groups is 1. The Morgan fingerprint density at radius 1 is 1.05 bits per heavy atom. The number of fused-ring (bicyclic) bond motifs is 6. The van der Waals surface area contributed by atoms with E-state index in [1.807, 2.05) is 11.9 Å². The van der Waals surface area contributed by atoms with Gasteiger partial charge in [0.15, 0.2) is 0 Å². The van der Waals surface area contributed by atoms with Crippen molar-refractivity contribution in [1.29, 1.82) is 0 Å². The Bertz CT molecular complexity index is 982. The molecule has 0 amide bonds. The monoisotopic (exact) mass is 559 g/mol. The van der Waals surface area contributed by atoms with Crippen LogP contribution in [0.4, 0.5) is 0 Å². The minimum atomic E-state index is 0.204. The summed E-state index contributed by atoms with van der Waals surface area (Å²) in [6.45, 7) is 19.8. The van der Waals surface area contributed by atoms with Crippen molar-refractivity contribution in [3.8, 4) is 5.88 Å². The topological polar surface area (TPSA) is 69.6 Å². The van der Waals surface area contributed by atoms with Crippen LogP contribution in [-0.2, 0) is 0 Å². The molecule has 5 aliphatic rings. The first-order chi connectivity index (χ1) is 18.5. The van der Waals surface area contributed by atoms with E-state index in [1.54, 1.807) is 0 Å². The van der Waals surface area contributed by atoms with Gasteiger partial charge < -0.3 is 4.74 Å². The number of rotatable bonds is 5. The third kappa shape index (κ3) is 5.65. The molecule has 5 heterocycles. The average Bonchev–Trinajstić information content (AvgIpc) is 3.45. The summed E-state index contributed by atoms with van der Waals surface area (Å²) in [5.74, 6) is 2.84. The minimum Gasteiger partial charge on any atom is -0.477 e. The van der Waals surface area contributed by atoms with E-state index >= 15 is 0 Å². The first-order valence-electron chi connectivity index (χ1n) is 15.6. The van der Waals surface area contributed by atoms with Crippen LogP contribution < -0.4 is 20.2 Å². The van der Waals surface area contributed by atoms with E-state index in [2.05, 4.69) is 83.9 Å².